The Hall–Kier alpha value is -0.980. The molecular weight excluding hydrogens is 298 g/mol. The number of nitrogens with zero attached hydrogens (tertiary/aromatic N) is 2. The van der Waals surface area contributed by atoms with E-state index in [0.29, 0.717) is 19.6 Å². The van der Waals surface area contributed by atoms with Gasteiger partial charge in [-0.25, -0.2) is 4.98 Å². The number of thiazole rings is 1. The van der Waals surface area contributed by atoms with E-state index in [0.717, 1.165) is 11.4 Å². The van der Waals surface area contributed by atoms with Gasteiger partial charge < -0.3 is 15.4 Å². The Morgan fingerprint density at radius 3 is 2.73 bits per heavy atom. The first kappa shape index (κ1) is 17.4. The van der Waals surface area contributed by atoms with Gasteiger partial charge in [-0.1, -0.05) is 20.8 Å². The summed E-state index contributed by atoms with van der Waals surface area (Å²) in [5.74, 6) is -0.0262. The monoisotopic (exact) mass is 325 g/mol. The summed E-state index contributed by atoms with van der Waals surface area (Å²) < 4.78 is 5.69. The summed E-state index contributed by atoms with van der Waals surface area (Å²) in [7, 11) is 1.80. The fourth-order valence-corrected chi connectivity index (χ4v) is 3.91. The van der Waals surface area contributed by atoms with Crippen molar-refractivity contribution in [3.05, 3.63) is 16.1 Å². The molecule has 1 saturated carbocycles. The highest BCUT2D eigenvalue weighted by atomic mass is 32.1. The third-order valence-corrected chi connectivity index (χ3v) is 6.01. The second-order valence-corrected chi connectivity index (χ2v) is 7.78. The van der Waals surface area contributed by atoms with Gasteiger partial charge in [-0.3, -0.25) is 4.79 Å². The molecule has 6 heteroatoms. The lowest BCUT2D eigenvalue weighted by molar-refractivity contribution is -0.178. The maximum atomic E-state index is 12.8. The van der Waals surface area contributed by atoms with E-state index in [1.165, 1.54) is 4.88 Å². The van der Waals surface area contributed by atoms with Gasteiger partial charge >= 0.3 is 0 Å². The van der Waals surface area contributed by atoms with Crippen molar-refractivity contribution in [2.75, 3.05) is 13.7 Å². The van der Waals surface area contributed by atoms with Crippen LogP contribution in [0.5, 0.6) is 0 Å². The van der Waals surface area contributed by atoms with Crippen molar-refractivity contribution >= 4 is 17.2 Å². The number of aromatic nitrogens is 1. The molecule has 0 aliphatic heterocycles. The Bertz CT molecular complexity index is 543. The zero-order valence-corrected chi connectivity index (χ0v) is 15.0. The van der Waals surface area contributed by atoms with Crippen LogP contribution in [-0.4, -0.2) is 41.1 Å². The van der Waals surface area contributed by atoms with Gasteiger partial charge in [-0.15, -0.1) is 11.3 Å². The number of ether oxygens (including phenoxy) is 1. The molecule has 0 aromatic carbocycles. The smallest absolute Gasteiger partial charge is 0.243 e. The largest absolute Gasteiger partial charge is 0.378 e. The van der Waals surface area contributed by atoms with E-state index < -0.39 is 5.54 Å². The molecule has 0 spiro atoms. The zero-order chi connectivity index (χ0) is 16.5. The molecule has 1 aromatic rings. The van der Waals surface area contributed by atoms with Crippen LogP contribution in [0.15, 0.2) is 6.20 Å². The summed E-state index contributed by atoms with van der Waals surface area (Å²) >= 11 is 1.65. The number of nitrogens with two attached hydrogens (primary N) is 1. The molecule has 1 fully saturated rings. The highest BCUT2D eigenvalue weighted by Crippen LogP contribution is 2.50. The molecule has 0 saturated heterocycles. The average Bonchev–Trinajstić information content (AvgIpc) is 2.93. The van der Waals surface area contributed by atoms with Crippen LogP contribution in [-0.2, 0) is 22.5 Å². The van der Waals surface area contributed by atoms with Crippen LogP contribution >= 0.6 is 11.3 Å². The van der Waals surface area contributed by atoms with Gasteiger partial charge in [0.05, 0.1) is 12.6 Å². The van der Waals surface area contributed by atoms with Crippen LogP contribution in [0.1, 0.15) is 44.0 Å². The zero-order valence-electron chi connectivity index (χ0n) is 14.2. The average molecular weight is 325 g/mol. The second-order valence-electron chi connectivity index (χ2n) is 6.58. The quantitative estimate of drug-likeness (QED) is 0.870. The van der Waals surface area contributed by atoms with Gasteiger partial charge in [0.1, 0.15) is 10.5 Å². The van der Waals surface area contributed by atoms with E-state index in [1.54, 1.807) is 23.3 Å². The summed E-state index contributed by atoms with van der Waals surface area (Å²) in [6, 6.07) is 0. The maximum Gasteiger partial charge on any atom is 0.243 e. The highest BCUT2D eigenvalue weighted by Gasteiger charge is 2.63. The van der Waals surface area contributed by atoms with E-state index in [1.807, 2.05) is 27.0 Å². The molecule has 1 aliphatic carbocycles. The Balaban J connectivity index is 2.04. The van der Waals surface area contributed by atoms with E-state index in [-0.39, 0.29) is 17.4 Å². The Morgan fingerprint density at radius 1 is 1.55 bits per heavy atom. The molecule has 1 heterocycles. The first-order chi connectivity index (χ1) is 10.3. The van der Waals surface area contributed by atoms with Gasteiger partial charge in [0.25, 0.3) is 0 Å². The van der Waals surface area contributed by atoms with Crippen molar-refractivity contribution < 1.29 is 9.53 Å². The number of amides is 1. The lowest BCUT2D eigenvalue weighted by Gasteiger charge is -2.58. The third kappa shape index (κ3) is 2.79. The Labute approximate surface area is 136 Å². The molecule has 124 valence electrons. The summed E-state index contributed by atoms with van der Waals surface area (Å²) in [4.78, 5) is 20.1. The van der Waals surface area contributed by atoms with Crippen LogP contribution in [0.25, 0.3) is 0 Å². The molecule has 1 aliphatic rings. The van der Waals surface area contributed by atoms with Gasteiger partial charge in [-0.2, -0.15) is 0 Å². The Kier molecular flexibility index (Phi) is 4.94. The molecule has 22 heavy (non-hydrogen) atoms. The number of aryl methyl sites for hydroxylation is 1. The normalized spacial score (nSPS) is 26.5. The number of carbonyl (C=O) groups is 1. The SMILES string of the molecule is CCOC1CC(N)(C(=O)N(C)Cc2ncc(CC)s2)C1(C)C. The van der Waals surface area contributed by atoms with Crippen molar-refractivity contribution in [2.45, 2.75) is 58.7 Å². The molecule has 5 nitrogen and oxygen atoms in total. The number of rotatable bonds is 6. The first-order valence-electron chi connectivity index (χ1n) is 7.85. The lowest BCUT2D eigenvalue weighted by atomic mass is 9.54. The topological polar surface area (TPSA) is 68.5 Å². The molecular formula is C16H27N3O2S. The molecule has 0 radical (unpaired) electrons. The number of hydrogen-bond donors (Lipinski definition) is 1. The van der Waals surface area contributed by atoms with Crippen molar-refractivity contribution in [1.29, 1.82) is 0 Å². The summed E-state index contributed by atoms with van der Waals surface area (Å²) in [5.41, 5.74) is 5.23. The van der Waals surface area contributed by atoms with Crippen LogP contribution in [0.3, 0.4) is 0 Å². The number of carbonyl (C=O) groups excluding carboxylic acids is 1. The molecule has 1 amide bonds. The van der Waals surface area contributed by atoms with Crippen molar-refractivity contribution in [2.24, 2.45) is 11.1 Å². The van der Waals surface area contributed by atoms with Crippen LogP contribution in [0.2, 0.25) is 0 Å². The predicted molar refractivity (Wildman–Crippen MR) is 88.7 cm³/mol. The lowest BCUT2D eigenvalue weighted by Crippen LogP contribution is -2.75. The van der Waals surface area contributed by atoms with Gasteiger partial charge in [0, 0.05) is 36.6 Å². The fraction of sp³-hybridized carbons (Fsp3) is 0.750. The second kappa shape index (κ2) is 6.26. The fourth-order valence-electron chi connectivity index (χ4n) is 3.00. The number of hydrogen-bond acceptors (Lipinski definition) is 5. The first-order valence-corrected chi connectivity index (χ1v) is 8.67. The van der Waals surface area contributed by atoms with Crippen LogP contribution in [0, 0.1) is 5.41 Å². The van der Waals surface area contributed by atoms with Crippen molar-refractivity contribution in [3.8, 4) is 0 Å². The van der Waals surface area contributed by atoms with Crippen LogP contribution < -0.4 is 5.73 Å². The standard InChI is InChI=1S/C16H27N3O2S/c1-6-11-9-18-13(22-11)10-19(5)14(20)16(17)8-12(21-7-2)15(16,3)4/h9,12H,6-8,10,17H2,1-5H3. The van der Waals surface area contributed by atoms with E-state index in [9.17, 15) is 4.79 Å². The summed E-state index contributed by atoms with van der Waals surface area (Å²) in [5, 5.41) is 0.954. The molecule has 1 aromatic heterocycles. The Morgan fingerprint density at radius 2 is 2.23 bits per heavy atom. The van der Waals surface area contributed by atoms with E-state index in [4.69, 9.17) is 10.5 Å². The minimum atomic E-state index is -0.855. The van der Waals surface area contributed by atoms with E-state index >= 15 is 0 Å². The summed E-state index contributed by atoms with van der Waals surface area (Å²) in [6.07, 6.45) is 3.48. The van der Waals surface area contributed by atoms with Gasteiger partial charge in [0.2, 0.25) is 5.91 Å². The molecule has 2 unspecified atom stereocenters. The van der Waals surface area contributed by atoms with Gasteiger partial charge in [-0.05, 0) is 13.3 Å². The number of likely N-dealkylation sites (N-methyl/N-ethyl adjacent to an activating group) is 1. The molecule has 2 rings (SSSR count). The molecule has 2 atom stereocenters. The summed E-state index contributed by atoms with van der Waals surface area (Å²) in [6.45, 7) is 9.26. The minimum absolute atomic E-state index is 0.0262. The van der Waals surface area contributed by atoms with Crippen molar-refractivity contribution in [1.82, 2.24) is 9.88 Å². The molecule has 0 bridgehead atoms. The molecule has 2 N–H and O–H groups in total. The minimum Gasteiger partial charge on any atom is -0.378 e. The maximum absolute atomic E-state index is 12.8. The predicted octanol–water partition coefficient (Wildman–Crippen LogP) is 2.20. The third-order valence-electron chi connectivity index (χ3n) is 4.88. The highest BCUT2D eigenvalue weighted by molar-refractivity contribution is 7.11. The van der Waals surface area contributed by atoms with Gasteiger partial charge in [0.15, 0.2) is 0 Å². The van der Waals surface area contributed by atoms with E-state index in [2.05, 4.69) is 11.9 Å². The van der Waals surface area contributed by atoms with Crippen LogP contribution in [0.4, 0.5) is 0 Å². The van der Waals surface area contributed by atoms with Crippen molar-refractivity contribution in [3.63, 3.8) is 0 Å².